The number of alkyl carbamates (subject to hydrolysis) is 1. The molecule has 1 aromatic carbocycles. The molecule has 1 atom stereocenters. The summed E-state index contributed by atoms with van der Waals surface area (Å²) in [5.74, 6) is 1.03. The van der Waals surface area contributed by atoms with Crippen LogP contribution in [0.4, 0.5) is 4.79 Å². The number of aliphatic hydroxyl groups is 1. The van der Waals surface area contributed by atoms with E-state index in [1.54, 1.807) is 12.1 Å². The van der Waals surface area contributed by atoms with E-state index in [1.165, 1.54) is 47.5 Å². The zero-order valence-corrected chi connectivity index (χ0v) is 19.8. The lowest BCUT2D eigenvalue weighted by atomic mass is 10.1. The van der Waals surface area contributed by atoms with E-state index >= 15 is 0 Å². The molecule has 2 rings (SSSR count). The van der Waals surface area contributed by atoms with Crippen molar-refractivity contribution in [1.82, 2.24) is 10.6 Å². The van der Waals surface area contributed by atoms with Gasteiger partial charge in [-0.1, -0.05) is 0 Å². The van der Waals surface area contributed by atoms with Crippen LogP contribution in [0.2, 0.25) is 0 Å². The molecule has 12 heteroatoms. The van der Waals surface area contributed by atoms with E-state index in [4.69, 9.17) is 28.8 Å². The molecular weight excluding hydrogens is 456 g/mol. The van der Waals surface area contributed by atoms with Crippen LogP contribution in [-0.2, 0) is 19.3 Å². The molecule has 0 aliphatic heterocycles. The predicted molar refractivity (Wildman–Crippen MR) is 120 cm³/mol. The van der Waals surface area contributed by atoms with Crippen LogP contribution in [0.25, 0.3) is 6.08 Å². The molecule has 0 bridgehead atoms. The fourth-order valence-corrected chi connectivity index (χ4v) is 4.06. The number of allylic oxidation sites excluding steroid dienone is 1. The van der Waals surface area contributed by atoms with E-state index in [0.717, 1.165) is 5.41 Å². The Morgan fingerprint density at radius 1 is 1.06 bits per heavy atom. The van der Waals surface area contributed by atoms with Crippen LogP contribution in [0, 0.1) is 0 Å². The van der Waals surface area contributed by atoms with E-state index in [-0.39, 0.29) is 23.0 Å². The van der Waals surface area contributed by atoms with Crippen LogP contribution in [0.1, 0.15) is 12.5 Å². The van der Waals surface area contributed by atoms with Crippen LogP contribution in [0.3, 0.4) is 0 Å². The molecule has 1 aromatic rings. The zero-order valence-electron chi connectivity index (χ0n) is 19.0. The van der Waals surface area contributed by atoms with Crippen molar-refractivity contribution in [3.8, 4) is 17.2 Å². The predicted octanol–water partition coefficient (Wildman–Crippen LogP) is 1.51. The van der Waals surface area contributed by atoms with Gasteiger partial charge in [0.2, 0.25) is 9.84 Å². The minimum absolute atomic E-state index is 0.0480. The Bertz CT molecular complexity index is 1030. The first-order chi connectivity index (χ1) is 15.7. The van der Waals surface area contributed by atoms with Gasteiger partial charge in [-0.3, -0.25) is 5.32 Å². The highest BCUT2D eigenvalue weighted by Gasteiger charge is 2.34. The van der Waals surface area contributed by atoms with Gasteiger partial charge in [0.05, 0.1) is 34.0 Å². The Balaban J connectivity index is 2.19. The SMILES string of the molecule is COC1=C(S(=O)(=O)/C=C/c2c(OC)cc(OC)cc2OC)C(OC(=O)NCCNC(C)O)=C1. The Hall–Kier alpha value is -3.22. The van der Waals surface area contributed by atoms with Gasteiger partial charge in [0.15, 0.2) is 10.7 Å². The first-order valence-corrected chi connectivity index (χ1v) is 11.3. The first-order valence-electron chi connectivity index (χ1n) is 9.77. The van der Waals surface area contributed by atoms with Crippen molar-refractivity contribution in [2.75, 3.05) is 41.5 Å². The average Bonchev–Trinajstić information content (AvgIpc) is 2.76. The fourth-order valence-electron chi connectivity index (χ4n) is 2.81. The highest BCUT2D eigenvalue weighted by Crippen LogP contribution is 2.37. The molecule has 0 radical (unpaired) electrons. The number of benzene rings is 1. The van der Waals surface area contributed by atoms with Gasteiger partial charge >= 0.3 is 6.09 Å². The van der Waals surface area contributed by atoms with Gasteiger partial charge in [0.1, 0.15) is 29.2 Å². The second kappa shape index (κ2) is 11.6. The van der Waals surface area contributed by atoms with Gasteiger partial charge in [-0.05, 0) is 13.0 Å². The molecule has 0 heterocycles. The molecule has 1 amide bonds. The van der Waals surface area contributed by atoms with Crippen molar-refractivity contribution < 1.29 is 42.0 Å². The second-order valence-electron chi connectivity index (χ2n) is 6.65. The topological polar surface area (TPSA) is 142 Å². The summed E-state index contributed by atoms with van der Waals surface area (Å²) in [6.45, 7) is 2.00. The molecule has 33 heavy (non-hydrogen) atoms. The van der Waals surface area contributed by atoms with Crippen molar-refractivity contribution in [3.63, 3.8) is 0 Å². The van der Waals surface area contributed by atoms with Gasteiger partial charge in [-0.2, -0.15) is 0 Å². The summed E-state index contributed by atoms with van der Waals surface area (Å²) in [6.07, 6.45) is 1.03. The summed E-state index contributed by atoms with van der Waals surface area (Å²) < 4.78 is 52.0. The molecule has 0 spiro atoms. The van der Waals surface area contributed by atoms with Gasteiger partial charge in [0, 0.05) is 36.7 Å². The van der Waals surface area contributed by atoms with Gasteiger partial charge < -0.3 is 34.1 Å². The maximum Gasteiger partial charge on any atom is 0.412 e. The number of aliphatic hydroxyl groups excluding tert-OH is 1. The third-order valence-electron chi connectivity index (χ3n) is 4.42. The summed E-state index contributed by atoms with van der Waals surface area (Å²) in [7, 11) is 1.59. The van der Waals surface area contributed by atoms with Crippen molar-refractivity contribution in [2.45, 2.75) is 13.2 Å². The number of amides is 1. The number of hydrogen-bond donors (Lipinski definition) is 3. The van der Waals surface area contributed by atoms with E-state index in [9.17, 15) is 13.2 Å². The number of sulfone groups is 1. The molecular formula is C21H28N2O9S. The molecule has 182 valence electrons. The lowest BCUT2D eigenvalue weighted by Crippen LogP contribution is -2.36. The molecule has 0 saturated carbocycles. The molecule has 0 fully saturated rings. The number of hydrogen-bond acceptors (Lipinski definition) is 10. The quantitative estimate of drug-likeness (QED) is 0.295. The van der Waals surface area contributed by atoms with Gasteiger partial charge in [-0.25, -0.2) is 13.2 Å². The minimum atomic E-state index is -4.07. The van der Waals surface area contributed by atoms with Crippen LogP contribution >= 0.6 is 0 Å². The van der Waals surface area contributed by atoms with Gasteiger partial charge in [0.25, 0.3) is 0 Å². The van der Waals surface area contributed by atoms with E-state index < -0.39 is 22.2 Å². The van der Waals surface area contributed by atoms with Crippen LogP contribution in [0.15, 0.2) is 40.0 Å². The lowest BCUT2D eigenvalue weighted by molar-refractivity contribution is 0.153. The highest BCUT2D eigenvalue weighted by atomic mass is 32.2. The Morgan fingerprint density at radius 3 is 2.21 bits per heavy atom. The van der Waals surface area contributed by atoms with Crippen molar-refractivity contribution in [3.05, 3.63) is 45.6 Å². The maximum atomic E-state index is 13.0. The smallest absolute Gasteiger partial charge is 0.412 e. The normalized spacial score (nSPS) is 14.3. The van der Waals surface area contributed by atoms with Crippen LogP contribution in [0.5, 0.6) is 17.2 Å². The molecule has 1 aliphatic carbocycles. The Labute approximate surface area is 192 Å². The van der Waals surface area contributed by atoms with Crippen molar-refractivity contribution in [2.24, 2.45) is 0 Å². The molecule has 1 unspecified atom stereocenters. The molecule has 3 N–H and O–H groups in total. The lowest BCUT2D eigenvalue weighted by Gasteiger charge is -2.21. The number of rotatable bonds is 12. The standard InChI is InChI=1S/C21H28N2O9S/c1-13(24)22-7-8-23-21(25)32-19-12-18(31-5)20(19)33(26,27)9-6-15-16(29-3)10-14(28-2)11-17(15)30-4/h6,9-13,22,24H,7-8H2,1-5H3,(H,23,25)/b9-6+. The largest absolute Gasteiger partial charge is 0.496 e. The van der Waals surface area contributed by atoms with Crippen LogP contribution < -0.4 is 24.8 Å². The highest BCUT2D eigenvalue weighted by molar-refractivity contribution is 7.98. The van der Waals surface area contributed by atoms with Crippen LogP contribution in [-0.4, -0.2) is 67.4 Å². The molecule has 11 nitrogen and oxygen atoms in total. The molecule has 0 aromatic heterocycles. The van der Waals surface area contributed by atoms with E-state index in [1.807, 2.05) is 0 Å². The number of nitrogens with one attached hydrogen (secondary N) is 2. The summed E-state index contributed by atoms with van der Waals surface area (Å²) in [5, 5.41) is 15.2. The number of ether oxygens (including phenoxy) is 5. The third-order valence-corrected chi connectivity index (χ3v) is 5.88. The summed E-state index contributed by atoms with van der Waals surface area (Å²) in [6, 6.07) is 3.17. The average molecular weight is 485 g/mol. The molecule has 0 saturated heterocycles. The van der Waals surface area contributed by atoms with Crippen molar-refractivity contribution in [1.29, 1.82) is 0 Å². The zero-order chi connectivity index (χ0) is 24.6. The maximum absolute atomic E-state index is 13.0. The summed E-state index contributed by atoms with van der Waals surface area (Å²) >= 11 is 0. The number of carbonyl (C=O) groups excluding carboxylic acids is 1. The Kier molecular flexibility index (Phi) is 9.14. The van der Waals surface area contributed by atoms with Crippen molar-refractivity contribution >= 4 is 22.0 Å². The molecule has 1 aliphatic rings. The number of carbonyl (C=O) groups is 1. The summed E-state index contributed by atoms with van der Waals surface area (Å²) in [4.78, 5) is 11.7. The second-order valence-corrected chi connectivity index (χ2v) is 8.42. The number of methoxy groups -OCH3 is 4. The summed E-state index contributed by atoms with van der Waals surface area (Å²) in [5.41, 5.74) is 0.373. The van der Waals surface area contributed by atoms with E-state index in [2.05, 4.69) is 10.6 Å². The third kappa shape index (κ3) is 6.63. The first kappa shape index (κ1) is 26.0. The fraction of sp³-hybridized carbons (Fsp3) is 0.381. The minimum Gasteiger partial charge on any atom is -0.496 e. The monoisotopic (exact) mass is 484 g/mol. The Morgan fingerprint density at radius 2 is 1.70 bits per heavy atom. The van der Waals surface area contributed by atoms with E-state index in [0.29, 0.717) is 29.4 Å². The van der Waals surface area contributed by atoms with Gasteiger partial charge in [-0.15, -0.1) is 0 Å².